The van der Waals surface area contributed by atoms with Gasteiger partial charge in [0.15, 0.2) is 0 Å². The van der Waals surface area contributed by atoms with Crippen LogP contribution in [-0.4, -0.2) is 30.4 Å². The molecule has 140 valence electrons. The van der Waals surface area contributed by atoms with Crippen molar-refractivity contribution in [3.8, 4) is 0 Å². The zero-order valence-corrected chi connectivity index (χ0v) is 15.8. The van der Waals surface area contributed by atoms with E-state index < -0.39 is 12.1 Å². The standard InChI is InChI=1S/C20H33N3O2/c1-4-5-13-17(23-20(25)18(21)15(2)3)19(24)22-14-9-12-16-10-7-6-8-11-16/h6-8,10-11,15,17-18H,4-5,9,12-14,21H2,1-3H3,(H,22,24)(H,23,25)/t17-,18-/m0/s1. The molecular formula is C20H33N3O2. The van der Waals surface area contributed by atoms with Crippen LogP contribution in [0.4, 0.5) is 0 Å². The number of hydrogen-bond donors (Lipinski definition) is 3. The van der Waals surface area contributed by atoms with Crippen LogP contribution >= 0.6 is 0 Å². The SMILES string of the molecule is CCCC[C@H](NC(=O)[C@@H](N)C(C)C)C(=O)NCCCc1ccccc1. The Morgan fingerprint density at radius 3 is 2.36 bits per heavy atom. The Kier molecular flexibility index (Phi) is 9.85. The molecule has 0 unspecified atom stereocenters. The number of benzene rings is 1. The van der Waals surface area contributed by atoms with Crippen LogP contribution in [-0.2, 0) is 16.0 Å². The van der Waals surface area contributed by atoms with Crippen molar-refractivity contribution in [1.29, 1.82) is 0 Å². The number of carbonyl (C=O) groups excluding carboxylic acids is 2. The van der Waals surface area contributed by atoms with Gasteiger partial charge in [-0.1, -0.05) is 63.9 Å². The van der Waals surface area contributed by atoms with Gasteiger partial charge in [-0.3, -0.25) is 9.59 Å². The number of nitrogens with two attached hydrogens (primary N) is 1. The zero-order valence-electron chi connectivity index (χ0n) is 15.8. The third-order valence-corrected chi connectivity index (χ3v) is 4.28. The van der Waals surface area contributed by atoms with Crippen LogP contribution in [0.25, 0.3) is 0 Å². The number of carbonyl (C=O) groups is 2. The monoisotopic (exact) mass is 347 g/mol. The fourth-order valence-corrected chi connectivity index (χ4v) is 2.52. The summed E-state index contributed by atoms with van der Waals surface area (Å²) in [7, 11) is 0. The molecule has 0 aliphatic heterocycles. The first-order chi connectivity index (χ1) is 12.0. The van der Waals surface area contributed by atoms with Gasteiger partial charge < -0.3 is 16.4 Å². The molecule has 1 aromatic carbocycles. The number of rotatable bonds is 11. The Morgan fingerprint density at radius 2 is 1.76 bits per heavy atom. The summed E-state index contributed by atoms with van der Waals surface area (Å²) in [5, 5.41) is 5.76. The predicted molar refractivity (Wildman–Crippen MR) is 102 cm³/mol. The van der Waals surface area contributed by atoms with Crippen molar-refractivity contribution in [1.82, 2.24) is 10.6 Å². The van der Waals surface area contributed by atoms with E-state index in [-0.39, 0.29) is 17.7 Å². The van der Waals surface area contributed by atoms with Crippen molar-refractivity contribution in [3.63, 3.8) is 0 Å². The van der Waals surface area contributed by atoms with E-state index in [1.807, 2.05) is 32.0 Å². The minimum atomic E-state index is -0.588. The highest BCUT2D eigenvalue weighted by molar-refractivity contribution is 5.89. The smallest absolute Gasteiger partial charge is 0.242 e. The van der Waals surface area contributed by atoms with Crippen LogP contribution in [0.5, 0.6) is 0 Å². The first-order valence-corrected chi connectivity index (χ1v) is 9.33. The molecule has 5 heteroatoms. The second kappa shape index (κ2) is 11.6. The quantitative estimate of drug-likeness (QED) is 0.537. The largest absolute Gasteiger partial charge is 0.354 e. The highest BCUT2D eigenvalue weighted by Gasteiger charge is 2.24. The Balaban J connectivity index is 2.45. The Labute approximate surface area is 151 Å². The average molecular weight is 348 g/mol. The minimum absolute atomic E-state index is 0.0424. The van der Waals surface area contributed by atoms with Gasteiger partial charge in [0.2, 0.25) is 11.8 Å². The molecule has 0 saturated heterocycles. The van der Waals surface area contributed by atoms with E-state index in [0.29, 0.717) is 13.0 Å². The molecule has 25 heavy (non-hydrogen) atoms. The fraction of sp³-hybridized carbons (Fsp3) is 0.600. The normalized spacial score (nSPS) is 13.3. The lowest BCUT2D eigenvalue weighted by atomic mass is 10.0. The van der Waals surface area contributed by atoms with Crippen molar-refractivity contribution in [2.45, 2.75) is 65.0 Å². The van der Waals surface area contributed by atoms with Crippen LogP contribution in [0, 0.1) is 5.92 Å². The fourth-order valence-electron chi connectivity index (χ4n) is 2.52. The lowest BCUT2D eigenvalue weighted by Crippen LogP contribution is -2.53. The third-order valence-electron chi connectivity index (χ3n) is 4.28. The van der Waals surface area contributed by atoms with Crippen LogP contribution in [0.3, 0.4) is 0 Å². The number of amides is 2. The molecule has 1 rings (SSSR count). The van der Waals surface area contributed by atoms with E-state index in [9.17, 15) is 9.59 Å². The van der Waals surface area contributed by atoms with Gasteiger partial charge in [-0.25, -0.2) is 0 Å². The molecule has 0 aliphatic carbocycles. The molecule has 0 bridgehead atoms. The molecule has 0 radical (unpaired) electrons. The topological polar surface area (TPSA) is 84.2 Å². The van der Waals surface area contributed by atoms with Gasteiger partial charge in [-0.05, 0) is 30.7 Å². The first kappa shape index (κ1) is 21.2. The second-order valence-electron chi connectivity index (χ2n) is 6.85. The first-order valence-electron chi connectivity index (χ1n) is 9.33. The van der Waals surface area contributed by atoms with Crippen LogP contribution in [0.1, 0.15) is 52.0 Å². The molecule has 0 fully saturated rings. The van der Waals surface area contributed by atoms with Crippen LogP contribution in [0.2, 0.25) is 0 Å². The van der Waals surface area contributed by atoms with Gasteiger partial charge in [0, 0.05) is 6.54 Å². The van der Waals surface area contributed by atoms with Gasteiger partial charge in [-0.15, -0.1) is 0 Å². The molecule has 2 atom stereocenters. The Morgan fingerprint density at radius 1 is 1.08 bits per heavy atom. The maximum Gasteiger partial charge on any atom is 0.242 e. The number of unbranched alkanes of at least 4 members (excludes halogenated alkanes) is 1. The number of nitrogens with one attached hydrogen (secondary N) is 2. The lowest BCUT2D eigenvalue weighted by Gasteiger charge is -2.22. The summed E-state index contributed by atoms with van der Waals surface area (Å²) >= 11 is 0. The molecule has 4 N–H and O–H groups in total. The van der Waals surface area contributed by atoms with Crippen molar-refractivity contribution in [3.05, 3.63) is 35.9 Å². The van der Waals surface area contributed by atoms with Gasteiger partial charge in [0.05, 0.1) is 6.04 Å². The summed E-state index contributed by atoms with van der Waals surface area (Å²) in [6.45, 7) is 6.46. The van der Waals surface area contributed by atoms with Crippen molar-refractivity contribution >= 4 is 11.8 Å². The number of hydrogen-bond acceptors (Lipinski definition) is 3. The Bertz CT molecular complexity index is 517. The van der Waals surface area contributed by atoms with E-state index in [0.717, 1.165) is 25.7 Å². The summed E-state index contributed by atoms with van der Waals surface area (Å²) in [6.07, 6.45) is 4.29. The summed E-state index contributed by atoms with van der Waals surface area (Å²) in [5.41, 5.74) is 7.14. The molecule has 0 saturated carbocycles. The van der Waals surface area contributed by atoms with Gasteiger partial charge in [-0.2, -0.15) is 0 Å². The molecule has 5 nitrogen and oxygen atoms in total. The third kappa shape index (κ3) is 8.16. The van der Waals surface area contributed by atoms with Gasteiger partial charge in [0.1, 0.15) is 6.04 Å². The highest BCUT2D eigenvalue weighted by atomic mass is 16.2. The van der Waals surface area contributed by atoms with E-state index in [1.165, 1.54) is 5.56 Å². The Hall–Kier alpha value is -1.88. The van der Waals surface area contributed by atoms with Crippen molar-refractivity contribution < 1.29 is 9.59 Å². The van der Waals surface area contributed by atoms with E-state index in [2.05, 4.69) is 29.7 Å². The summed E-state index contributed by atoms with van der Waals surface area (Å²) in [5.74, 6) is -0.331. The lowest BCUT2D eigenvalue weighted by molar-refractivity contribution is -0.130. The van der Waals surface area contributed by atoms with Crippen LogP contribution in [0.15, 0.2) is 30.3 Å². The maximum atomic E-state index is 12.4. The molecule has 0 aliphatic rings. The van der Waals surface area contributed by atoms with Gasteiger partial charge >= 0.3 is 0 Å². The van der Waals surface area contributed by atoms with Crippen molar-refractivity contribution in [2.75, 3.05) is 6.54 Å². The summed E-state index contributed by atoms with van der Waals surface area (Å²) in [4.78, 5) is 24.6. The molecule has 0 heterocycles. The average Bonchev–Trinajstić information content (AvgIpc) is 2.61. The highest BCUT2D eigenvalue weighted by Crippen LogP contribution is 2.05. The number of aryl methyl sites for hydroxylation is 1. The van der Waals surface area contributed by atoms with E-state index >= 15 is 0 Å². The predicted octanol–water partition coefficient (Wildman–Crippen LogP) is 2.39. The molecule has 0 spiro atoms. The van der Waals surface area contributed by atoms with Gasteiger partial charge in [0.25, 0.3) is 0 Å². The molecule has 2 amide bonds. The maximum absolute atomic E-state index is 12.4. The summed E-state index contributed by atoms with van der Waals surface area (Å²) in [6, 6.07) is 9.10. The van der Waals surface area contributed by atoms with E-state index in [4.69, 9.17) is 5.73 Å². The summed E-state index contributed by atoms with van der Waals surface area (Å²) < 4.78 is 0. The molecular weight excluding hydrogens is 314 g/mol. The van der Waals surface area contributed by atoms with Crippen molar-refractivity contribution in [2.24, 2.45) is 11.7 Å². The minimum Gasteiger partial charge on any atom is -0.354 e. The molecule has 1 aromatic rings. The second-order valence-corrected chi connectivity index (χ2v) is 6.85. The molecule has 0 aromatic heterocycles. The van der Waals surface area contributed by atoms with E-state index in [1.54, 1.807) is 0 Å². The van der Waals surface area contributed by atoms with Crippen LogP contribution < -0.4 is 16.4 Å². The zero-order chi connectivity index (χ0) is 18.7.